The first-order valence-corrected chi connectivity index (χ1v) is 6.42. The van der Waals surface area contributed by atoms with Crippen molar-refractivity contribution >= 4 is 16.9 Å². The van der Waals surface area contributed by atoms with Crippen molar-refractivity contribution in [3.8, 4) is 0 Å². The SMILES string of the molecule is CC(CCO)CNC(=O)c1ccc2c(c1)ncn2C. The molecule has 1 aromatic carbocycles. The van der Waals surface area contributed by atoms with Gasteiger partial charge in [0.15, 0.2) is 0 Å². The van der Waals surface area contributed by atoms with E-state index in [1.807, 2.05) is 24.6 Å². The highest BCUT2D eigenvalue weighted by Crippen LogP contribution is 2.13. The second-order valence-corrected chi connectivity index (χ2v) is 4.89. The number of nitrogens with one attached hydrogen (secondary N) is 1. The van der Waals surface area contributed by atoms with Gasteiger partial charge in [-0.25, -0.2) is 4.98 Å². The number of benzene rings is 1. The minimum atomic E-state index is -0.0997. The molecule has 0 aliphatic rings. The molecule has 0 saturated heterocycles. The molecule has 0 aliphatic heterocycles. The molecule has 0 saturated carbocycles. The number of carbonyl (C=O) groups is 1. The monoisotopic (exact) mass is 261 g/mol. The third kappa shape index (κ3) is 3.12. The summed E-state index contributed by atoms with van der Waals surface area (Å²) in [7, 11) is 1.92. The van der Waals surface area contributed by atoms with E-state index in [-0.39, 0.29) is 18.4 Å². The normalized spacial score (nSPS) is 12.6. The number of aryl methyl sites for hydroxylation is 1. The third-order valence-corrected chi connectivity index (χ3v) is 3.22. The summed E-state index contributed by atoms with van der Waals surface area (Å²) in [5.41, 5.74) is 2.44. The highest BCUT2D eigenvalue weighted by molar-refractivity contribution is 5.97. The third-order valence-electron chi connectivity index (χ3n) is 3.22. The summed E-state index contributed by atoms with van der Waals surface area (Å²) in [6.07, 6.45) is 2.43. The Bertz CT molecular complexity index is 577. The number of nitrogens with zero attached hydrogens (tertiary/aromatic N) is 2. The number of hydrogen-bond donors (Lipinski definition) is 2. The van der Waals surface area contributed by atoms with Gasteiger partial charge < -0.3 is 15.0 Å². The van der Waals surface area contributed by atoms with Gasteiger partial charge in [0, 0.05) is 25.8 Å². The summed E-state index contributed by atoms with van der Waals surface area (Å²) in [5, 5.41) is 11.7. The van der Waals surface area contributed by atoms with E-state index in [1.54, 1.807) is 18.5 Å². The molecule has 102 valence electrons. The summed E-state index contributed by atoms with van der Waals surface area (Å²) in [6.45, 7) is 2.72. The molecule has 1 heterocycles. The second kappa shape index (κ2) is 5.84. The zero-order chi connectivity index (χ0) is 13.8. The van der Waals surface area contributed by atoms with Crippen LogP contribution in [0.5, 0.6) is 0 Å². The Balaban J connectivity index is 2.05. The van der Waals surface area contributed by atoms with Crippen molar-refractivity contribution in [2.45, 2.75) is 13.3 Å². The molecule has 1 aromatic heterocycles. The van der Waals surface area contributed by atoms with Crippen LogP contribution in [0.15, 0.2) is 24.5 Å². The van der Waals surface area contributed by atoms with Crippen molar-refractivity contribution in [1.82, 2.24) is 14.9 Å². The molecule has 2 aromatic rings. The number of aliphatic hydroxyl groups excluding tert-OH is 1. The highest BCUT2D eigenvalue weighted by atomic mass is 16.3. The van der Waals surface area contributed by atoms with Crippen molar-refractivity contribution in [2.75, 3.05) is 13.2 Å². The lowest BCUT2D eigenvalue weighted by molar-refractivity contribution is 0.0945. The molecule has 1 unspecified atom stereocenters. The number of aromatic nitrogens is 2. The molecular formula is C14H19N3O2. The zero-order valence-electron chi connectivity index (χ0n) is 11.3. The predicted molar refractivity (Wildman–Crippen MR) is 73.9 cm³/mol. The number of rotatable bonds is 5. The Kier molecular flexibility index (Phi) is 4.16. The quantitative estimate of drug-likeness (QED) is 0.853. The van der Waals surface area contributed by atoms with Crippen LogP contribution in [0.3, 0.4) is 0 Å². The Labute approximate surface area is 112 Å². The van der Waals surface area contributed by atoms with E-state index in [0.29, 0.717) is 18.5 Å². The van der Waals surface area contributed by atoms with E-state index < -0.39 is 0 Å². The van der Waals surface area contributed by atoms with Crippen LogP contribution in [-0.2, 0) is 7.05 Å². The number of aliphatic hydroxyl groups is 1. The molecule has 5 nitrogen and oxygen atoms in total. The van der Waals surface area contributed by atoms with Crippen LogP contribution in [0.2, 0.25) is 0 Å². The number of carbonyl (C=O) groups excluding carboxylic acids is 1. The lowest BCUT2D eigenvalue weighted by Crippen LogP contribution is -2.28. The van der Waals surface area contributed by atoms with Gasteiger partial charge in [-0.2, -0.15) is 0 Å². The number of fused-ring (bicyclic) bond motifs is 1. The first-order valence-electron chi connectivity index (χ1n) is 6.42. The first-order chi connectivity index (χ1) is 9.11. The largest absolute Gasteiger partial charge is 0.396 e. The van der Waals surface area contributed by atoms with Crippen molar-refractivity contribution in [3.63, 3.8) is 0 Å². The molecule has 1 amide bonds. The van der Waals surface area contributed by atoms with Crippen molar-refractivity contribution in [2.24, 2.45) is 13.0 Å². The Morgan fingerprint density at radius 3 is 3.05 bits per heavy atom. The molecule has 0 bridgehead atoms. The average Bonchev–Trinajstić information content (AvgIpc) is 2.77. The average molecular weight is 261 g/mol. The van der Waals surface area contributed by atoms with Gasteiger partial charge in [-0.15, -0.1) is 0 Å². The van der Waals surface area contributed by atoms with Crippen LogP contribution in [0.25, 0.3) is 11.0 Å². The Hall–Kier alpha value is -1.88. The fraction of sp³-hybridized carbons (Fsp3) is 0.429. The van der Waals surface area contributed by atoms with Gasteiger partial charge in [0.25, 0.3) is 5.91 Å². The van der Waals surface area contributed by atoms with Crippen LogP contribution in [0.4, 0.5) is 0 Å². The molecule has 0 aliphatic carbocycles. The maximum absolute atomic E-state index is 12.0. The van der Waals surface area contributed by atoms with Gasteiger partial charge in [-0.3, -0.25) is 4.79 Å². The smallest absolute Gasteiger partial charge is 0.251 e. The molecule has 0 radical (unpaired) electrons. The van der Waals surface area contributed by atoms with Crippen LogP contribution in [0.1, 0.15) is 23.7 Å². The van der Waals surface area contributed by atoms with E-state index in [2.05, 4.69) is 10.3 Å². The van der Waals surface area contributed by atoms with Crippen LogP contribution in [-0.4, -0.2) is 33.7 Å². The van der Waals surface area contributed by atoms with Gasteiger partial charge in [0.05, 0.1) is 17.4 Å². The Morgan fingerprint density at radius 1 is 1.53 bits per heavy atom. The molecule has 0 spiro atoms. The fourth-order valence-corrected chi connectivity index (χ4v) is 1.97. The molecule has 1 atom stereocenters. The summed E-state index contributed by atoms with van der Waals surface area (Å²) >= 11 is 0. The van der Waals surface area contributed by atoms with Gasteiger partial charge in [-0.05, 0) is 30.5 Å². The van der Waals surface area contributed by atoms with Crippen molar-refractivity contribution in [3.05, 3.63) is 30.1 Å². The molecule has 5 heteroatoms. The van der Waals surface area contributed by atoms with Gasteiger partial charge >= 0.3 is 0 Å². The predicted octanol–water partition coefficient (Wildman–Crippen LogP) is 1.32. The minimum absolute atomic E-state index is 0.0997. The van der Waals surface area contributed by atoms with Gasteiger partial charge in [0.1, 0.15) is 0 Å². The Morgan fingerprint density at radius 2 is 2.32 bits per heavy atom. The molecule has 2 rings (SSSR count). The first kappa shape index (κ1) is 13.5. The van der Waals surface area contributed by atoms with Crippen LogP contribution < -0.4 is 5.32 Å². The standard InChI is InChI=1S/C14H19N3O2/c1-10(5-6-18)8-15-14(19)11-3-4-13-12(7-11)16-9-17(13)2/h3-4,7,9-10,18H,5-6,8H2,1-2H3,(H,15,19). The lowest BCUT2D eigenvalue weighted by Gasteiger charge is -2.11. The second-order valence-electron chi connectivity index (χ2n) is 4.89. The maximum atomic E-state index is 12.0. The summed E-state index contributed by atoms with van der Waals surface area (Å²) in [5.74, 6) is 0.171. The topological polar surface area (TPSA) is 67.2 Å². The molecule has 0 fully saturated rings. The van der Waals surface area contributed by atoms with Crippen LogP contribution in [0, 0.1) is 5.92 Å². The van der Waals surface area contributed by atoms with E-state index >= 15 is 0 Å². The van der Waals surface area contributed by atoms with Crippen molar-refractivity contribution in [1.29, 1.82) is 0 Å². The summed E-state index contributed by atoms with van der Waals surface area (Å²) in [6, 6.07) is 5.49. The molecule has 2 N–H and O–H groups in total. The minimum Gasteiger partial charge on any atom is -0.396 e. The summed E-state index contributed by atoms with van der Waals surface area (Å²) in [4.78, 5) is 16.2. The molecule has 19 heavy (non-hydrogen) atoms. The lowest BCUT2D eigenvalue weighted by atomic mass is 10.1. The van der Waals surface area contributed by atoms with Crippen LogP contribution >= 0.6 is 0 Å². The highest BCUT2D eigenvalue weighted by Gasteiger charge is 2.09. The number of hydrogen-bond acceptors (Lipinski definition) is 3. The van der Waals surface area contributed by atoms with E-state index in [1.165, 1.54) is 0 Å². The van der Waals surface area contributed by atoms with Gasteiger partial charge in [0.2, 0.25) is 0 Å². The fourth-order valence-electron chi connectivity index (χ4n) is 1.97. The maximum Gasteiger partial charge on any atom is 0.251 e. The van der Waals surface area contributed by atoms with E-state index in [0.717, 1.165) is 11.0 Å². The van der Waals surface area contributed by atoms with E-state index in [9.17, 15) is 4.79 Å². The van der Waals surface area contributed by atoms with Crippen molar-refractivity contribution < 1.29 is 9.90 Å². The summed E-state index contributed by atoms with van der Waals surface area (Å²) < 4.78 is 1.92. The number of amides is 1. The van der Waals surface area contributed by atoms with E-state index in [4.69, 9.17) is 5.11 Å². The van der Waals surface area contributed by atoms with Gasteiger partial charge in [-0.1, -0.05) is 6.92 Å². The zero-order valence-corrected chi connectivity index (χ0v) is 11.3. The number of imidazole rings is 1. The molecular weight excluding hydrogens is 242 g/mol.